The minimum absolute atomic E-state index is 0.684. The van der Waals surface area contributed by atoms with Gasteiger partial charge in [0, 0.05) is 0 Å². The molecule has 1 heterocycles. The van der Waals surface area contributed by atoms with Crippen LogP contribution in [0.2, 0.25) is 0 Å². The van der Waals surface area contributed by atoms with Gasteiger partial charge in [-0.2, -0.15) is 0 Å². The maximum atomic E-state index is 5.11. The third kappa shape index (κ3) is 2.52. The van der Waals surface area contributed by atoms with Gasteiger partial charge in [0.1, 0.15) is 0 Å². The first-order valence-corrected chi connectivity index (χ1v) is 3.68. The van der Waals surface area contributed by atoms with Gasteiger partial charge in [-0.15, -0.1) is 0 Å². The summed E-state index contributed by atoms with van der Waals surface area (Å²) in [7, 11) is 0. The summed E-state index contributed by atoms with van der Waals surface area (Å²) in [5.41, 5.74) is 0. The zero-order chi connectivity index (χ0) is 6.53. The molecule has 0 radical (unpaired) electrons. The zero-order valence-corrected chi connectivity index (χ0v) is 6.16. The monoisotopic (exact) mass is 149 g/mol. The molecule has 1 saturated heterocycles. The Balaban J connectivity index is 2.08. The Hall–Kier alpha value is 0.210. The van der Waals surface area contributed by atoms with E-state index in [1.165, 1.54) is 12.8 Å². The molecule has 1 fully saturated rings. The van der Waals surface area contributed by atoms with Crippen LogP contribution in [0.25, 0.3) is 0 Å². The standard InChI is InChI=1S/C6H12ClNO/c7-9-5-6-1-3-8-4-2-6/h6,8H,1-5H2. The number of rotatable bonds is 2. The smallest absolute Gasteiger partial charge is 0.0711 e. The second kappa shape index (κ2) is 4.09. The van der Waals surface area contributed by atoms with Crippen LogP contribution in [0.3, 0.4) is 0 Å². The molecule has 9 heavy (non-hydrogen) atoms. The molecule has 1 aliphatic heterocycles. The second-order valence-electron chi connectivity index (χ2n) is 2.47. The van der Waals surface area contributed by atoms with Crippen molar-refractivity contribution in [2.24, 2.45) is 5.92 Å². The average Bonchev–Trinajstić information content (AvgIpc) is 1.91. The highest BCUT2D eigenvalue weighted by Crippen LogP contribution is 2.11. The molecule has 1 N–H and O–H groups in total. The van der Waals surface area contributed by atoms with E-state index < -0.39 is 0 Å². The molecule has 1 rings (SSSR count). The Bertz CT molecular complexity index is 70.7. The highest BCUT2D eigenvalue weighted by atomic mass is 35.5. The van der Waals surface area contributed by atoms with Gasteiger partial charge < -0.3 is 5.32 Å². The van der Waals surface area contributed by atoms with E-state index in [-0.39, 0.29) is 0 Å². The van der Waals surface area contributed by atoms with Crippen LogP contribution in [-0.2, 0) is 4.29 Å². The highest BCUT2D eigenvalue weighted by Gasteiger charge is 2.11. The van der Waals surface area contributed by atoms with E-state index >= 15 is 0 Å². The van der Waals surface area contributed by atoms with Crippen LogP contribution in [0, 0.1) is 5.92 Å². The van der Waals surface area contributed by atoms with Crippen LogP contribution < -0.4 is 5.32 Å². The number of piperidine rings is 1. The summed E-state index contributed by atoms with van der Waals surface area (Å²) in [5.74, 6) is 0.684. The number of hydrogen-bond acceptors (Lipinski definition) is 2. The lowest BCUT2D eigenvalue weighted by atomic mass is 10.00. The Morgan fingerprint density at radius 2 is 2.11 bits per heavy atom. The van der Waals surface area contributed by atoms with Gasteiger partial charge in [-0.1, -0.05) is 0 Å². The molecule has 54 valence electrons. The van der Waals surface area contributed by atoms with Crippen molar-refractivity contribution in [3.8, 4) is 0 Å². The first kappa shape index (κ1) is 7.32. The topological polar surface area (TPSA) is 21.3 Å². The molecule has 0 aromatic carbocycles. The van der Waals surface area contributed by atoms with Crippen molar-refractivity contribution in [3.63, 3.8) is 0 Å². The van der Waals surface area contributed by atoms with E-state index in [1.54, 1.807) is 0 Å². The third-order valence-corrected chi connectivity index (χ3v) is 1.88. The van der Waals surface area contributed by atoms with E-state index in [1.807, 2.05) is 0 Å². The van der Waals surface area contributed by atoms with Crippen molar-refractivity contribution < 1.29 is 4.29 Å². The van der Waals surface area contributed by atoms with Crippen molar-refractivity contribution in [1.82, 2.24) is 5.32 Å². The van der Waals surface area contributed by atoms with Crippen LogP contribution in [0.4, 0.5) is 0 Å². The van der Waals surface area contributed by atoms with E-state index in [4.69, 9.17) is 11.9 Å². The SMILES string of the molecule is ClOCC1CCNCC1. The van der Waals surface area contributed by atoms with Gasteiger partial charge in [0.05, 0.1) is 18.5 Å². The highest BCUT2D eigenvalue weighted by molar-refractivity contribution is 6.07. The molecule has 0 aliphatic carbocycles. The minimum Gasteiger partial charge on any atom is -0.317 e. The summed E-state index contributed by atoms with van der Waals surface area (Å²) in [6.07, 6.45) is 2.40. The number of halogens is 1. The van der Waals surface area contributed by atoms with Gasteiger partial charge in [0.15, 0.2) is 0 Å². The van der Waals surface area contributed by atoms with E-state index in [2.05, 4.69) is 9.61 Å². The Morgan fingerprint density at radius 1 is 1.44 bits per heavy atom. The molecule has 0 saturated carbocycles. The molecule has 2 nitrogen and oxygen atoms in total. The summed E-state index contributed by atoms with van der Waals surface area (Å²) < 4.78 is 4.53. The van der Waals surface area contributed by atoms with Crippen molar-refractivity contribution in [3.05, 3.63) is 0 Å². The lowest BCUT2D eigenvalue weighted by Gasteiger charge is -2.20. The Kier molecular flexibility index (Phi) is 3.33. The summed E-state index contributed by atoms with van der Waals surface area (Å²) in [6, 6.07) is 0. The molecule has 3 heteroatoms. The Labute approximate surface area is 60.7 Å². The first-order chi connectivity index (χ1) is 4.43. The fraction of sp³-hybridized carbons (Fsp3) is 1.00. The quantitative estimate of drug-likeness (QED) is 0.636. The van der Waals surface area contributed by atoms with Gasteiger partial charge in [-0.05, 0) is 31.8 Å². The third-order valence-electron chi connectivity index (χ3n) is 1.76. The lowest BCUT2D eigenvalue weighted by molar-refractivity contribution is 0.231. The van der Waals surface area contributed by atoms with E-state index in [0.717, 1.165) is 13.1 Å². The fourth-order valence-corrected chi connectivity index (χ4v) is 1.32. The molecule has 1 aliphatic rings. The predicted octanol–water partition coefficient (Wildman–Crippen LogP) is 1.16. The van der Waals surface area contributed by atoms with Crippen molar-refractivity contribution in [2.45, 2.75) is 12.8 Å². The number of hydrogen-bond donors (Lipinski definition) is 1. The molecule has 0 atom stereocenters. The van der Waals surface area contributed by atoms with Crippen molar-refractivity contribution in [2.75, 3.05) is 19.7 Å². The largest absolute Gasteiger partial charge is 0.317 e. The fourth-order valence-electron chi connectivity index (χ4n) is 1.14. The predicted molar refractivity (Wildman–Crippen MR) is 37.4 cm³/mol. The average molecular weight is 150 g/mol. The summed E-state index contributed by atoms with van der Waals surface area (Å²) in [5, 5.41) is 3.27. The molecule has 0 unspecified atom stereocenters. The van der Waals surface area contributed by atoms with Crippen molar-refractivity contribution in [1.29, 1.82) is 0 Å². The molecular weight excluding hydrogens is 138 g/mol. The molecule has 0 aromatic rings. The van der Waals surface area contributed by atoms with Gasteiger partial charge in [0.2, 0.25) is 0 Å². The van der Waals surface area contributed by atoms with Crippen LogP contribution in [-0.4, -0.2) is 19.7 Å². The van der Waals surface area contributed by atoms with Crippen LogP contribution >= 0.6 is 11.9 Å². The van der Waals surface area contributed by atoms with E-state index in [9.17, 15) is 0 Å². The van der Waals surface area contributed by atoms with Gasteiger partial charge in [-0.25, -0.2) is 0 Å². The van der Waals surface area contributed by atoms with Gasteiger partial charge in [0.25, 0.3) is 0 Å². The van der Waals surface area contributed by atoms with Crippen molar-refractivity contribution >= 4 is 11.9 Å². The number of nitrogens with one attached hydrogen (secondary N) is 1. The van der Waals surface area contributed by atoms with Gasteiger partial charge in [-0.3, -0.25) is 4.29 Å². The summed E-state index contributed by atoms with van der Waals surface area (Å²) in [6.45, 7) is 2.94. The molecule has 0 aromatic heterocycles. The Morgan fingerprint density at radius 3 is 2.67 bits per heavy atom. The molecule has 0 amide bonds. The summed E-state index contributed by atoms with van der Waals surface area (Å²) >= 11 is 5.11. The van der Waals surface area contributed by atoms with Crippen LogP contribution in [0.1, 0.15) is 12.8 Å². The molecule has 0 bridgehead atoms. The molecular formula is C6H12ClNO. The lowest BCUT2D eigenvalue weighted by Crippen LogP contribution is -2.29. The van der Waals surface area contributed by atoms with Crippen LogP contribution in [0.15, 0.2) is 0 Å². The molecule has 0 spiro atoms. The summed E-state index contributed by atoms with van der Waals surface area (Å²) in [4.78, 5) is 0. The maximum Gasteiger partial charge on any atom is 0.0711 e. The van der Waals surface area contributed by atoms with E-state index in [0.29, 0.717) is 12.5 Å². The zero-order valence-electron chi connectivity index (χ0n) is 5.40. The van der Waals surface area contributed by atoms with Gasteiger partial charge >= 0.3 is 0 Å². The minimum atomic E-state index is 0.684. The first-order valence-electron chi connectivity index (χ1n) is 3.37. The maximum absolute atomic E-state index is 5.11. The normalized spacial score (nSPS) is 22.3. The second-order valence-corrected chi connectivity index (χ2v) is 2.69. The van der Waals surface area contributed by atoms with Crippen LogP contribution in [0.5, 0.6) is 0 Å².